The molecular weight excluding hydrogens is 258 g/mol. The fourth-order valence-corrected chi connectivity index (χ4v) is 2.41. The van der Waals surface area contributed by atoms with Crippen molar-refractivity contribution in [2.75, 3.05) is 20.1 Å². The number of Topliss-reactive ketones (excluding diaryl/α,β-unsaturated/α-hetero) is 1. The first-order valence-electron chi connectivity index (χ1n) is 7.39. The normalized spacial score (nSPS) is 10.9. The van der Waals surface area contributed by atoms with Crippen molar-refractivity contribution in [1.82, 2.24) is 4.90 Å². The number of likely N-dealkylation sites (N-methyl/N-ethyl adjacent to an activating group) is 1. The van der Waals surface area contributed by atoms with Gasteiger partial charge in [-0.15, -0.1) is 0 Å². The van der Waals surface area contributed by atoms with E-state index in [1.807, 2.05) is 45.2 Å². The monoisotopic (exact) mass is 281 g/mol. The third-order valence-corrected chi connectivity index (χ3v) is 3.73. The average Bonchev–Trinajstić information content (AvgIpc) is 2.48. The van der Waals surface area contributed by atoms with E-state index in [1.54, 1.807) is 0 Å². The Bertz CT molecular complexity index is 604. The number of hydrogen-bond donors (Lipinski definition) is 0. The lowest BCUT2D eigenvalue weighted by atomic mass is 10.0. The van der Waals surface area contributed by atoms with E-state index in [0.717, 1.165) is 29.7 Å². The Hall–Kier alpha value is -1.93. The van der Waals surface area contributed by atoms with Gasteiger partial charge in [-0.25, -0.2) is 0 Å². The van der Waals surface area contributed by atoms with Gasteiger partial charge in [0.15, 0.2) is 5.78 Å². The van der Waals surface area contributed by atoms with E-state index in [2.05, 4.69) is 29.2 Å². The molecule has 2 heteroatoms. The Labute approximate surface area is 127 Å². The van der Waals surface area contributed by atoms with Gasteiger partial charge in [0.2, 0.25) is 0 Å². The number of aryl methyl sites for hydroxylation is 2. The average molecular weight is 281 g/mol. The zero-order chi connectivity index (χ0) is 15.2. The minimum atomic E-state index is 0.201. The van der Waals surface area contributed by atoms with Crippen LogP contribution in [-0.2, 0) is 6.42 Å². The number of nitrogens with zero attached hydrogens (tertiary/aromatic N) is 1. The van der Waals surface area contributed by atoms with Crippen molar-refractivity contribution in [3.63, 3.8) is 0 Å². The summed E-state index contributed by atoms with van der Waals surface area (Å²) in [4.78, 5) is 14.5. The molecule has 0 spiro atoms. The minimum absolute atomic E-state index is 0.201. The summed E-state index contributed by atoms with van der Waals surface area (Å²) in [6.45, 7) is 5.38. The van der Waals surface area contributed by atoms with Gasteiger partial charge in [-0.2, -0.15) is 0 Å². The number of hydrogen-bond acceptors (Lipinski definition) is 2. The summed E-state index contributed by atoms with van der Waals surface area (Å²) in [6.07, 6.45) is 0.970. The van der Waals surface area contributed by atoms with Crippen molar-refractivity contribution in [1.29, 1.82) is 0 Å². The number of carbonyl (C=O) groups excluding carboxylic acids is 1. The summed E-state index contributed by atoms with van der Waals surface area (Å²) in [7, 11) is 2.01. The van der Waals surface area contributed by atoms with Crippen molar-refractivity contribution in [3.05, 3.63) is 70.8 Å². The predicted octanol–water partition coefficient (Wildman–Crippen LogP) is 3.66. The van der Waals surface area contributed by atoms with Crippen LogP contribution in [0.15, 0.2) is 48.5 Å². The molecule has 0 bridgehead atoms. The zero-order valence-electron chi connectivity index (χ0n) is 13.1. The zero-order valence-corrected chi connectivity index (χ0v) is 13.1. The number of carbonyl (C=O) groups is 1. The molecule has 0 aromatic heterocycles. The highest BCUT2D eigenvalue weighted by Crippen LogP contribution is 2.12. The minimum Gasteiger partial charge on any atom is -0.299 e. The molecule has 0 fully saturated rings. The first kappa shape index (κ1) is 15.5. The fourth-order valence-electron chi connectivity index (χ4n) is 2.41. The van der Waals surface area contributed by atoms with Gasteiger partial charge in [-0.1, -0.05) is 48.0 Å². The van der Waals surface area contributed by atoms with Crippen LogP contribution in [0.25, 0.3) is 0 Å². The van der Waals surface area contributed by atoms with E-state index in [4.69, 9.17) is 0 Å². The van der Waals surface area contributed by atoms with E-state index in [-0.39, 0.29) is 5.78 Å². The first-order valence-corrected chi connectivity index (χ1v) is 7.39. The fraction of sp³-hybridized carbons (Fsp3) is 0.316. The number of benzene rings is 2. The van der Waals surface area contributed by atoms with Crippen LogP contribution in [0.2, 0.25) is 0 Å². The lowest BCUT2D eigenvalue weighted by molar-refractivity contribution is 0.0946. The Morgan fingerprint density at radius 1 is 1.05 bits per heavy atom. The van der Waals surface area contributed by atoms with Crippen LogP contribution in [-0.4, -0.2) is 30.8 Å². The smallest absolute Gasteiger partial charge is 0.177 e. The predicted molar refractivity (Wildman–Crippen MR) is 87.9 cm³/mol. The molecule has 110 valence electrons. The highest BCUT2D eigenvalue weighted by molar-refractivity contribution is 5.99. The molecule has 2 nitrogen and oxygen atoms in total. The van der Waals surface area contributed by atoms with E-state index < -0.39 is 0 Å². The highest BCUT2D eigenvalue weighted by atomic mass is 16.1. The molecular formula is C19H23NO. The first-order chi connectivity index (χ1) is 10.1. The van der Waals surface area contributed by atoms with Crippen molar-refractivity contribution >= 4 is 5.78 Å². The van der Waals surface area contributed by atoms with Crippen LogP contribution >= 0.6 is 0 Å². The van der Waals surface area contributed by atoms with Crippen LogP contribution in [0.3, 0.4) is 0 Å². The summed E-state index contributed by atoms with van der Waals surface area (Å²) in [5, 5.41) is 0. The Balaban J connectivity index is 1.91. The Kier molecular flexibility index (Phi) is 5.29. The maximum atomic E-state index is 12.4. The molecule has 0 aliphatic rings. The molecule has 0 saturated carbocycles. The second kappa shape index (κ2) is 7.19. The Morgan fingerprint density at radius 3 is 2.48 bits per heavy atom. The van der Waals surface area contributed by atoms with Crippen molar-refractivity contribution in [3.8, 4) is 0 Å². The SMILES string of the molecule is Cc1ccc(C)c(C(=O)CN(C)CCc2ccccc2)c1. The van der Waals surface area contributed by atoms with Crippen LogP contribution in [0.5, 0.6) is 0 Å². The third kappa shape index (κ3) is 4.54. The van der Waals surface area contributed by atoms with E-state index in [0.29, 0.717) is 6.54 Å². The van der Waals surface area contributed by atoms with E-state index in [9.17, 15) is 4.79 Å². The van der Waals surface area contributed by atoms with Crippen LogP contribution < -0.4 is 0 Å². The molecule has 0 saturated heterocycles. The molecule has 0 amide bonds. The molecule has 0 heterocycles. The van der Waals surface area contributed by atoms with E-state index >= 15 is 0 Å². The van der Waals surface area contributed by atoms with Gasteiger partial charge in [-0.05, 0) is 44.5 Å². The summed E-state index contributed by atoms with van der Waals surface area (Å²) >= 11 is 0. The van der Waals surface area contributed by atoms with Gasteiger partial charge in [0, 0.05) is 12.1 Å². The van der Waals surface area contributed by atoms with Crippen LogP contribution in [0.1, 0.15) is 27.0 Å². The maximum Gasteiger partial charge on any atom is 0.177 e. The van der Waals surface area contributed by atoms with Crippen LogP contribution in [0.4, 0.5) is 0 Å². The number of ketones is 1. The number of rotatable bonds is 6. The molecule has 2 aromatic rings. The molecule has 2 rings (SSSR count). The third-order valence-electron chi connectivity index (χ3n) is 3.73. The lowest BCUT2D eigenvalue weighted by Crippen LogP contribution is -2.28. The summed E-state index contributed by atoms with van der Waals surface area (Å²) in [6, 6.07) is 16.4. The lowest BCUT2D eigenvalue weighted by Gasteiger charge is -2.16. The molecule has 0 aliphatic heterocycles. The van der Waals surface area contributed by atoms with Crippen molar-refractivity contribution < 1.29 is 4.79 Å². The molecule has 0 radical (unpaired) electrons. The van der Waals surface area contributed by atoms with Crippen molar-refractivity contribution in [2.45, 2.75) is 20.3 Å². The van der Waals surface area contributed by atoms with Gasteiger partial charge in [-0.3, -0.25) is 9.69 Å². The van der Waals surface area contributed by atoms with Gasteiger partial charge in [0.1, 0.15) is 0 Å². The van der Waals surface area contributed by atoms with Crippen LogP contribution in [0, 0.1) is 13.8 Å². The van der Waals surface area contributed by atoms with E-state index in [1.165, 1.54) is 5.56 Å². The molecule has 2 aromatic carbocycles. The largest absolute Gasteiger partial charge is 0.299 e. The quantitative estimate of drug-likeness (QED) is 0.753. The molecule has 0 aliphatic carbocycles. The molecule has 0 atom stereocenters. The van der Waals surface area contributed by atoms with Gasteiger partial charge in [0.05, 0.1) is 6.54 Å². The summed E-state index contributed by atoms with van der Waals surface area (Å²) < 4.78 is 0. The second-order valence-corrected chi connectivity index (χ2v) is 5.71. The van der Waals surface area contributed by atoms with Gasteiger partial charge in [0.25, 0.3) is 0 Å². The molecule has 0 unspecified atom stereocenters. The summed E-state index contributed by atoms with van der Waals surface area (Å²) in [5.74, 6) is 0.201. The highest BCUT2D eigenvalue weighted by Gasteiger charge is 2.12. The summed E-state index contributed by atoms with van der Waals surface area (Å²) in [5.41, 5.74) is 4.35. The van der Waals surface area contributed by atoms with Gasteiger partial charge >= 0.3 is 0 Å². The standard InChI is InChI=1S/C19H23NO/c1-15-9-10-16(2)18(13-15)19(21)14-20(3)12-11-17-7-5-4-6-8-17/h4-10,13H,11-12,14H2,1-3H3. The Morgan fingerprint density at radius 2 is 1.76 bits per heavy atom. The maximum absolute atomic E-state index is 12.4. The molecule has 0 N–H and O–H groups in total. The topological polar surface area (TPSA) is 20.3 Å². The van der Waals surface area contributed by atoms with Crippen molar-refractivity contribution in [2.24, 2.45) is 0 Å². The van der Waals surface area contributed by atoms with Gasteiger partial charge < -0.3 is 0 Å². The second-order valence-electron chi connectivity index (χ2n) is 5.71. The molecule has 21 heavy (non-hydrogen) atoms.